The smallest absolute Gasteiger partial charge is 0.322 e. The van der Waals surface area contributed by atoms with Crippen LogP contribution in [0.5, 0.6) is 0 Å². The van der Waals surface area contributed by atoms with Crippen LogP contribution in [0.15, 0.2) is 60.7 Å². The van der Waals surface area contributed by atoms with Gasteiger partial charge < -0.3 is 15.1 Å². The van der Waals surface area contributed by atoms with Gasteiger partial charge >= 0.3 is 5.97 Å². The molecule has 0 aliphatic heterocycles. The van der Waals surface area contributed by atoms with Crippen molar-refractivity contribution in [2.24, 2.45) is 0 Å². The quantitative estimate of drug-likeness (QED) is 0.765. The fourth-order valence-electron chi connectivity index (χ4n) is 2.45. The van der Waals surface area contributed by atoms with Crippen LogP contribution < -0.4 is 0 Å². The van der Waals surface area contributed by atoms with Crippen LogP contribution >= 0.6 is 0 Å². The maximum Gasteiger partial charge on any atom is 0.322 e. The standard InChI is InChI=1S/C18H21NO4/c1-14(21)23-19(12-15-8-4-2-5-9-15)18(17(22)13-20)16-10-6-3-7-11-16/h2-11,17-18,20,22H,12-13H2,1H3/t17-,18-/m1/s1. The van der Waals surface area contributed by atoms with Crippen molar-refractivity contribution >= 4 is 5.97 Å². The molecule has 0 amide bonds. The zero-order valence-corrected chi connectivity index (χ0v) is 13.0. The lowest BCUT2D eigenvalue weighted by molar-refractivity contribution is -0.217. The summed E-state index contributed by atoms with van der Waals surface area (Å²) in [6.07, 6.45) is -1.08. The Labute approximate surface area is 135 Å². The van der Waals surface area contributed by atoms with Crippen LogP contribution in [-0.2, 0) is 16.2 Å². The van der Waals surface area contributed by atoms with Gasteiger partial charge in [-0.25, -0.2) is 0 Å². The zero-order chi connectivity index (χ0) is 16.7. The van der Waals surface area contributed by atoms with Crippen LogP contribution in [0.2, 0.25) is 0 Å². The van der Waals surface area contributed by atoms with Crippen LogP contribution in [0, 0.1) is 0 Å². The van der Waals surface area contributed by atoms with Crippen molar-refractivity contribution in [3.05, 3.63) is 71.8 Å². The first-order valence-corrected chi connectivity index (χ1v) is 7.44. The fraction of sp³-hybridized carbons (Fsp3) is 0.278. The molecule has 0 aliphatic carbocycles. The minimum atomic E-state index is -1.08. The van der Waals surface area contributed by atoms with Crippen molar-refractivity contribution < 1.29 is 19.8 Å². The Bertz CT molecular complexity index is 603. The van der Waals surface area contributed by atoms with E-state index in [1.54, 1.807) is 0 Å². The first-order valence-electron chi connectivity index (χ1n) is 7.44. The van der Waals surface area contributed by atoms with E-state index >= 15 is 0 Å². The van der Waals surface area contributed by atoms with E-state index < -0.39 is 24.7 Å². The SMILES string of the molecule is CC(=O)ON(Cc1ccccc1)[C@H](c1ccccc1)[C@H](O)CO. The molecule has 5 nitrogen and oxygen atoms in total. The molecule has 0 heterocycles. The summed E-state index contributed by atoms with van der Waals surface area (Å²) in [5, 5.41) is 21.1. The first kappa shape index (κ1) is 17.1. The molecule has 2 aromatic carbocycles. The van der Waals surface area contributed by atoms with Gasteiger partial charge in [0, 0.05) is 6.92 Å². The highest BCUT2D eigenvalue weighted by molar-refractivity contribution is 5.65. The van der Waals surface area contributed by atoms with Crippen LogP contribution in [0.4, 0.5) is 0 Å². The fourth-order valence-corrected chi connectivity index (χ4v) is 2.45. The van der Waals surface area contributed by atoms with Crippen LogP contribution in [0.25, 0.3) is 0 Å². The molecule has 0 fully saturated rings. The lowest BCUT2D eigenvalue weighted by Crippen LogP contribution is -2.39. The summed E-state index contributed by atoms with van der Waals surface area (Å²) in [5.41, 5.74) is 1.69. The number of carbonyl (C=O) groups is 1. The number of rotatable bonds is 7. The lowest BCUT2D eigenvalue weighted by atomic mass is 10.0. The van der Waals surface area contributed by atoms with E-state index in [4.69, 9.17) is 4.84 Å². The zero-order valence-electron chi connectivity index (χ0n) is 13.0. The molecule has 2 N–H and O–H groups in total. The second kappa shape index (κ2) is 8.43. The molecule has 0 radical (unpaired) electrons. The number of aliphatic hydroxyl groups excluding tert-OH is 2. The second-order valence-corrected chi connectivity index (χ2v) is 5.25. The maximum absolute atomic E-state index is 11.5. The molecule has 0 aromatic heterocycles. The van der Waals surface area contributed by atoms with Gasteiger partial charge in [0.15, 0.2) is 0 Å². The minimum Gasteiger partial charge on any atom is -0.394 e. The maximum atomic E-state index is 11.5. The van der Waals surface area contributed by atoms with Crippen LogP contribution in [0.3, 0.4) is 0 Å². The van der Waals surface area contributed by atoms with Gasteiger partial charge in [0.1, 0.15) is 0 Å². The Morgan fingerprint density at radius 1 is 1.09 bits per heavy atom. The molecule has 5 heteroatoms. The van der Waals surface area contributed by atoms with Gasteiger partial charge in [-0.1, -0.05) is 60.7 Å². The molecule has 0 saturated carbocycles. The van der Waals surface area contributed by atoms with Gasteiger partial charge in [0.05, 0.1) is 25.3 Å². The first-order chi connectivity index (χ1) is 11.1. The summed E-state index contributed by atoms with van der Waals surface area (Å²) in [5.74, 6) is -0.480. The largest absolute Gasteiger partial charge is 0.394 e. The molecule has 0 spiro atoms. The number of aliphatic hydroxyl groups is 2. The van der Waals surface area contributed by atoms with Crippen molar-refractivity contribution in [3.8, 4) is 0 Å². The van der Waals surface area contributed by atoms with Crippen LogP contribution in [-0.4, -0.2) is 34.0 Å². The third kappa shape index (κ3) is 4.89. The van der Waals surface area contributed by atoms with Gasteiger partial charge in [-0.05, 0) is 11.1 Å². The van der Waals surface area contributed by atoms with E-state index in [9.17, 15) is 15.0 Å². The highest BCUT2D eigenvalue weighted by Gasteiger charge is 2.30. The molecular formula is C18H21NO4. The molecular weight excluding hydrogens is 294 g/mol. The van der Waals surface area contributed by atoms with Crippen molar-refractivity contribution in [1.82, 2.24) is 5.06 Å². The van der Waals surface area contributed by atoms with E-state index in [2.05, 4.69) is 0 Å². The van der Waals surface area contributed by atoms with Gasteiger partial charge in [-0.3, -0.25) is 4.79 Å². The summed E-state index contributed by atoms with van der Waals surface area (Å²) in [7, 11) is 0. The van der Waals surface area contributed by atoms with E-state index in [1.165, 1.54) is 12.0 Å². The van der Waals surface area contributed by atoms with Crippen LogP contribution in [0.1, 0.15) is 24.1 Å². The van der Waals surface area contributed by atoms with Gasteiger partial charge in [0.2, 0.25) is 0 Å². The number of hydroxylamine groups is 2. The molecule has 23 heavy (non-hydrogen) atoms. The third-order valence-corrected chi connectivity index (χ3v) is 3.43. The molecule has 0 saturated heterocycles. The molecule has 2 atom stereocenters. The number of benzene rings is 2. The molecule has 0 unspecified atom stereocenters. The van der Waals surface area contributed by atoms with E-state index in [-0.39, 0.29) is 0 Å². The van der Waals surface area contributed by atoms with Gasteiger partial charge in [-0.15, -0.1) is 5.06 Å². The van der Waals surface area contributed by atoms with E-state index in [1.807, 2.05) is 60.7 Å². The summed E-state index contributed by atoms with van der Waals surface area (Å²) < 4.78 is 0. The Morgan fingerprint density at radius 3 is 2.17 bits per heavy atom. The average Bonchev–Trinajstić information content (AvgIpc) is 2.56. The number of carbonyl (C=O) groups excluding carboxylic acids is 1. The Kier molecular flexibility index (Phi) is 6.29. The predicted molar refractivity (Wildman–Crippen MR) is 86.0 cm³/mol. The molecule has 2 aromatic rings. The van der Waals surface area contributed by atoms with Gasteiger partial charge in [0.25, 0.3) is 0 Å². The van der Waals surface area contributed by atoms with E-state index in [0.717, 1.165) is 11.1 Å². The monoisotopic (exact) mass is 315 g/mol. The number of nitrogens with zero attached hydrogens (tertiary/aromatic N) is 1. The summed E-state index contributed by atoms with van der Waals surface area (Å²) in [6, 6.07) is 18.0. The summed E-state index contributed by atoms with van der Waals surface area (Å²) in [4.78, 5) is 16.8. The number of hydrogen-bond donors (Lipinski definition) is 2. The lowest BCUT2D eigenvalue weighted by Gasteiger charge is -2.32. The topological polar surface area (TPSA) is 70.0 Å². The van der Waals surface area contributed by atoms with Gasteiger partial charge in [-0.2, -0.15) is 0 Å². The molecule has 0 aliphatic rings. The van der Waals surface area contributed by atoms with E-state index in [0.29, 0.717) is 6.54 Å². The van der Waals surface area contributed by atoms with Crippen molar-refractivity contribution in [3.63, 3.8) is 0 Å². The summed E-state index contributed by atoms with van der Waals surface area (Å²) >= 11 is 0. The molecule has 2 rings (SSSR count). The van der Waals surface area contributed by atoms with Crippen molar-refractivity contribution in [2.45, 2.75) is 25.6 Å². The number of hydrogen-bond acceptors (Lipinski definition) is 5. The highest BCUT2D eigenvalue weighted by atomic mass is 16.7. The van der Waals surface area contributed by atoms with Crippen molar-refractivity contribution in [2.75, 3.05) is 6.61 Å². The summed E-state index contributed by atoms with van der Waals surface area (Å²) in [6.45, 7) is 1.18. The normalized spacial score (nSPS) is 13.6. The second-order valence-electron chi connectivity index (χ2n) is 5.25. The molecule has 122 valence electrons. The Morgan fingerprint density at radius 2 is 1.65 bits per heavy atom. The van der Waals surface area contributed by atoms with Crippen molar-refractivity contribution in [1.29, 1.82) is 0 Å². The minimum absolute atomic E-state index is 0.303. The Balaban J connectivity index is 2.33. The molecule has 0 bridgehead atoms. The average molecular weight is 315 g/mol. The highest BCUT2D eigenvalue weighted by Crippen LogP contribution is 2.27. The predicted octanol–water partition coefficient (Wildman–Crippen LogP) is 2.06. The Hall–Kier alpha value is -2.21. The third-order valence-electron chi connectivity index (χ3n) is 3.43.